The molecule has 0 radical (unpaired) electrons. The third-order valence-electron chi connectivity index (χ3n) is 4.46. The Labute approximate surface area is 174 Å². The molecule has 3 aromatic rings. The highest BCUT2D eigenvalue weighted by molar-refractivity contribution is 6.04. The number of ether oxygens (including phenoxy) is 1. The van der Waals surface area contributed by atoms with Crippen molar-refractivity contribution in [3.8, 4) is 5.75 Å². The van der Waals surface area contributed by atoms with Gasteiger partial charge in [-0.3, -0.25) is 14.4 Å². The summed E-state index contributed by atoms with van der Waals surface area (Å²) in [5.74, 6) is -0.290. The van der Waals surface area contributed by atoms with Gasteiger partial charge in [-0.15, -0.1) is 0 Å². The number of amides is 2. The van der Waals surface area contributed by atoms with E-state index in [4.69, 9.17) is 4.74 Å². The number of carbonyl (C=O) groups is 3. The molecule has 1 atom stereocenters. The highest BCUT2D eigenvalue weighted by Crippen LogP contribution is 2.18. The molecule has 30 heavy (non-hydrogen) atoms. The van der Waals surface area contributed by atoms with E-state index in [0.717, 1.165) is 5.56 Å². The average molecular weight is 402 g/mol. The summed E-state index contributed by atoms with van der Waals surface area (Å²) >= 11 is 0. The number of nitrogens with one attached hydrogen (secondary N) is 2. The molecule has 0 aliphatic rings. The van der Waals surface area contributed by atoms with Crippen molar-refractivity contribution in [1.29, 1.82) is 0 Å². The van der Waals surface area contributed by atoms with Crippen molar-refractivity contribution in [3.05, 3.63) is 95.6 Å². The smallest absolute Gasteiger partial charge is 0.262 e. The zero-order valence-corrected chi connectivity index (χ0v) is 16.5. The highest BCUT2D eigenvalue weighted by atomic mass is 16.5. The largest absolute Gasteiger partial charge is 0.484 e. The zero-order valence-electron chi connectivity index (χ0n) is 16.5. The van der Waals surface area contributed by atoms with E-state index in [9.17, 15) is 14.4 Å². The summed E-state index contributed by atoms with van der Waals surface area (Å²) < 4.78 is 5.43. The van der Waals surface area contributed by atoms with Crippen LogP contribution < -0.4 is 15.4 Å². The SMILES string of the molecule is CC(NC(=O)c1ccccc1NC(=O)COc1cccc(C=O)c1)c1ccccc1. The number of para-hydroxylation sites is 1. The maximum absolute atomic E-state index is 12.8. The van der Waals surface area contributed by atoms with Crippen molar-refractivity contribution in [2.45, 2.75) is 13.0 Å². The molecule has 0 spiro atoms. The fourth-order valence-corrected chi connectivity index (χ4v) is 2.90. The minimum absolute atomic E-state index is 0.184. The maximum Gasteiger partial charge on any atom is 0.262 e. The van der Waals surface area contributed by atoms with Gasteiger partial charge in [-0.25, -0.2) is 0 Å². The van der Waals surface area contributed by atoms with Gasteiger partial charge in [0, 0.05) is 5.56 Å². The first-order valence-electron chi connectivity index (χ1n) is 9.49. The molecule has 6 nitrogen and oxygen atoms in total. The van der Waals surface area contributed by atoms with Crippen LogP contribution in [0, 0.1) is 0 Å². The summed E-state index contributed by atoms with van der Waals surface area (Å²) in [6, 6.07) is 22.7. The van der Waals surface area contributed by atoms with Crippen LogP contribution in [-0.2, 0) is 4.79 Å². The Morgan fingerprint density at radius 1 is 0.967 bits per heavy atom. The summed E-state index contributed by atoms with van der Waals surface area (Å²) in [5.41, 5.74) is 2.20. The normalized spacial score (nSPS) is 11.2. The van der Waals surface area contributed by atoms with E-state index in [-0.39, 0.29) is 18.6 Å². The number of carbonyl (C=O) groups excluding carboxylic acids is 3. The van der Waals surface area contributed by atoms with Crippen LogP contribution >= 0.6 is 0 Å². The number of benzene rings is 3. The molecule has 3 rings (SSSR count). The van der Waals surface area contributed by atoms with E-state index in [1.54, 1.807) is 48.5 Å². The fraction of sp³-hybridized carbons (Fsp3) is 0.125. The Kier molecular flexibility index (Phi) is 6.95. The van der Waals surface area contributed by atoms with E-state index >= 15 is 0 Å². The van der Waals surface area contributed by atoms with Gasteiger partial charge < -0.3 is 15.4 Å². The van der Waals surface area contributed by atoms with E-state index in [2.05, 4.69) is 10.6 Å². The number of hydrogen-bond donors (Lipinski definition) is 2. The number of hydrogen-bond acceptors (Lipinski definition) is 4. The van der Waals surface area contributed by atoms with Crippen LogP contribution in [0.5, 0.6) is 5.75 Å². The van der Waals surface area contributed by atoms with Gasteiger partial charge in [-0.05, 0) is 36.8 Å². The molecular weight excluding hydrogens is 380 g/mol. The molecule has 1 unspecified atom stereocenters. The van der Waals surface area contributed by atoms with E-state index in [1.165, 1.54) is 0 Å². The summed E-state index contributed by atoms with van der Waals surface area (Å²) in [6.45, 7) is 1.65. The van der Waals surface area contributed by atoms with E-state index in [0.29, 0.717) is 28.8 Å². The van der Waals surface area contributed by atoms with Crippen LogP contribution in [0.1, 0.15) is 39.2 Å². The molecule has 0 fully saturated rings. The second-order valence-electron chi connectivity index (χ2n) is 6.68. The van der Waals surface area contributed by atoms with Crippen LogP contribution in [0.25, 0.3) is 0 Å². The first-order chi connectivity index (χ1) is 14.6. The molecule has 152 valence electrons. The zero-order chi connectivity index (χ0) is 21.3. The van der Waals surface area contributed by atoms with Gasteiger partial charge in [0.25, 0.3) is 11.8 Å². The van der Waals surface area contributed by atoms with Crippen LogP contribution in [0.2, 0.25) is 0 Å². The highest BCUT2D eigenvalue weighted by Gasteiger charge is 2.16. The minimum atomic E-state index is -0.414. The predicted octanol–water partition coefficient (Wildman–Crippen LogP) is 4.01. The Morgan fingerprint density at radius 3 is 2.47 bits per heavy atom. The average Bonchev–Trinajstić information content (AvgIpc) is 2.78. The number of anilines is 1. The van der Waals surface area contributed by atoms with Crippen LogP contribution in [0.4, 0.5) is 5.69 Å². The molecule has 3 aromatic carbocycles. The van der Waals surface area contributed by atoms with Crippen molar-refractivity contribution in [1.82, 2.24) is 5.32 Å². The van der Waals surface area contributed by atoms with Crippen molar-refractivity contribution in [2.24, 2.45) is 0 Å². The van der Waals surface area contributed by atoms with E-state index < -0.39 is 5.91 Å². The number of rotatable bonds is 8. The molecule has 0 heterocycles. The van der Waals surface area contributed by atoms with Gasteiger partial charge in [-0.1, -0.05) is 54.6 Å². The standard InChI is InChI=1S/C24H22N2O4/c1-17(19-9-3-2-4-10-19)25-24(29)21-12-5-6-13-22(21)26-23(28)16-30-20-11-7-8-18(14-20)15-27/h2-15,17H,16H2,1H3,(H,25,29)(H,26,28). The summed E-state index contributed by atoms with van der Waals surface area (Å²) in [6.07, 6.45) is 0.707. The summed E-state index contributed by atoms with van der Waals surface area (Å²) in [4.78, 5) is 35.9. The summed E-state index contributed by atoms with van der Waals surface area (Å²) in [7, 11) is 0. The van der Waals surface area contributed by atoms with Gasteiger partial charge in [0.05, 0.1) is 17.3 Å². The monoisotopic (exact) mass is 402 g/mol. The lowest BCUT2D eigenvalue weighted by atomic mass is 10.1. The number of aldehydes is 1. The second kappa shape index (κ2) is 10.0. The topological polar surface area (TPSA) is 84.5 Å². The van der Waals surface area contributed by atoms with Crippen molar-refractivity contribution >= 4 is 23.8 Å². The van der Waals surface area contributed by atoms with Crippen LogP contribution in [0.3, 0.4) is 0 Å². The molecule has 0 aromatic heterocycles. The lowest BCUT2D eigenvalue weighted by molar-refractivity contribution is -0.118. The fourth-order valence-electron chi connectivity index (χ4n) is 2.90. The Morgan fingerprint density at radius 2 is 1.70 bits per heavy atom. The molecular formula is C24H22N2O4. The molecule has 2 N–H and O–H groups in total. The maximum atomic E-state index is 12.8. The predicted molar refractivity (Wildman–Crippen MR) is 115 cm³/mol. The van der Waals surface area contributed by atoms with Gasteiger partial charge >= 0.3 is 0 Å². The quantitative estimate of drug-likeness (QED) is 0.558. The third-order valence-corrected chi connectivity index (χ3v) is 4.46. The lowest BCUT2D eigenvalue weighted by Crippen LogP contribution is -2.28. The van der Waals surface area contributed by atoms with Crippen molar-refractivity contribution in [3.63, 3.8) is 0 Å². The molecule has 0 aliphatic carbocycles. The van der Waals surface area contributed by atoms with Crippen LogP contribution in [0.15, 0.2) is 78.9 Å². The minimum Gasteiger partial charge on any atom is -0.484 e. The van der Waals surface area contributed by atoms with Crippen molar-refractivity contribution < 1.29 is 19.1 Å². The molecule has 0 saturated carbocycles. The Bertz CT molecular complexity index is 1030. The molecule has 0 saturated heterocycles. The Hall–Kier alpha value is -3.93. The van der Waals surface area contributed by atoms with Gasteiger partial charge in [0.2, 0.25) is 0 Å². The first kappa shape index (κ1) is 20.8. The Balaban J connectivity index is 1.63. The lowest BCUT2D eigenvalue weighted by Gasteiger charge is -2.16. The van der Waals surface area contributed by atoms with Crippen LogP contribution in [-0.4, -0.2) is 24.7 Å². The van der Waals surface area contributed by atoms with E-state index in [1.807, 2.05) is 37.3 Å². The third kappa shape index (κ3) is 5.54. The molecule has 2 amide bonds. The van der Waals surface area contributed by atoms with Gasteiger partial charge in [0.1, 0.15) is 12.0 Å². The van der Waals surface area contributed by atoms with Gasteiger partial charge in [0.15, 0.2) is 6.61 Å². The summed E-state index contributed by atoms with van der Waals surface area (Å²) in [5, 5.41) is 5.65. The second-order valence-corrected chi connectivity index (χ2v) is 6.68. The molecule has 0 bridgehead atoms. The molecule has 0 aliphatic heterocycles. The van der Waals surface area contributed by atoms with Crippen molar-refractivity contribution in [2.75, 3.05) is 11.9 Å². The first-order valence-corrected chi connectivity index (χ1v) is 9.49. The molecule has 6 heteroatoms. The van der Waals surface area contributed by atoms with Gasteiger partial charge in [-0.2, -0.15) is 0 Å².